The molecule has 0 saturated carbocycles. The first-order valence-corrected chi connectivity index (χ1v) is 5.66. The molecule has 4 nitrogen and oxygen atoms in total. The highest BCUT2D eigenvalue weighted by Gasteiger charge is 2.48. The van der Waals surface area contributed by atoms with Gasteiger partial charge in [-0.05, 0) is 12.8 Å². The molecule has 1 saturated heterocycles. The number of hydrogen-bond acceptors (Lipinski definition) is 4. The molecular formula is C12H16O4. The third-order valence-corrected chi connectivity index (χ3v) is 3.33. The van der Waals surface area contributed by atoms with Gasteiger partial charge >= 0.3 is 11.9 Å². The molecule has 1 aliphatic carbocycles. The standard InChI is InChI=1S/C12H16O4/c1-3-15-11(13)9-7(2)4-5-8-6-16-12(14)10(8)9/h4-5,7-10H,3,6H2,1-2H3/t7-,8-,9-,10-/m1/s1. The monoisotopic (exact) mass is 224 g/mol. The van der Waals surface area contributed by atoms with Crippen molar-refractivity contribution in [2.24, 2.45) is 23.7 Å². The molecule has 16 heavy (non-hydrogen) atoms. The van der Waals surface area contributed by atoms with Gasteiger partial charge in [-0.25, -0.2) is 0 Å². The molecule has 1 fully saturated rings. The van der Waals surface area contributed by atoms with Gasteiger partial charge in [0.05, 0.1) is 25.0 Å². The first-order valence-electron chi connectivity index (χ1n) is 5.66. The van der Waals surface area contributed by atoms with E-state index >= 15 is 0 Å². The van der Waals surface area contributed by atoms with Gasteiger partial charge in [0, 0.05) is 5.92 Å². The van der Waals surface area contributed by atoms with E-state index in [-0.39, 0.29) is 35.6 Å². The van der Waals surface area contributed by atoms with Crippen LogP contribution in [-0.2, 0) is 19.1 Å². The molecule has 1 aliphatic heterocycles. The SMILES string of the molecule is CCOC(=O)[C@H]1[C@@H]2C(=O)OC[C@H]2C=C[C@H]1C. The molecule has 0 bridgehead atoms. The van der Waals surface area contributed by atoms with Crippen molar-refractivity contribution in [2.45, 2.75) is 13.8 Å². The topological polar surface area (TPSA) is 52.6 Å². The summed E-state index contributed by atoms with van der Waals surface area (Å²) in [4.78, 5) is 23.4. The summed E-state index contributed by atoms with van der Waals surface area (Å²) in [6, 6.07) is 0. The van der Waals surface area contributed by atoms with E-state index in [1.807, 2.05) is 19.1 Å². The van der Waals surface area contributed by atoms with Crippen LogP contribution in [0.5, 0.6) is 0 Å². The quantitative estimate of drug-likeness (QED) is 0.521. The average Bonchev–Trinajstić information content (AvgIpc) is 2.61. The Hall–Kier alpha value is -1.32. The van der Waals surface area contributed by atoms with Crippen LogP contribution in [0.2, 0.25) is 0 Å². The predicted octanol–water partition coefficient (Wildman–Crippen LogP) is 1.16. The van der Waals surface area contributed by atoms with E-state index in [1.54, 1.807) is 6.92 Å². The molecule has 0 amide bonds. The van der Waals surface area contributed by atoms with Crippen LogP contribution in [0, 0.1) is 23.7 Å². The van der Waals surface area contributed by atoms with E-state index in [4.69, 9.17) is 9.47 Å². The number of esters is 2. The number of rotatable bonds is 2. The van der Waals surface area contributed by atoms with Gasteiger partial charge < -0.3 is 9.47 Å². The van der Waals surface area contributed by atoms with Crippen molar-refractivity contribution in [1.82, 2.24) is 0 Å². The van der Waals surface area contributed by atoms with E-state index < -0.39 is 0 Å². The number of fused-ring (bicyclic) bond motifs is 1. The second-order valence-electron chi connectivity index (χ2n) is 4.34. The minimum absolute atomic E-state index is 0.0333. The molecule has 2 rings (SSSR count). The van der Waals surface area contributed by atoms with Gasteiger partial charge in [-0.1, -0.05) is 19.1 Å². The van der Waals surface area contributed by atoms with Crippen LogP contribution in [0.3, 0.4) is 0 Å². The van der Waals surface area contributed by atoms with Crippen LogP contribution in [0.1, 0.15) is 13.8 Å². The second kappa shape index (κ2) is 4.28. The summed E-state index contributed by atoms with van der Waals surface area (Å²) in [5.74, 6) is -1.21. The van der Waals surface area contributed by atoms with Gasteiger partial charge in [-0.2, -0.15) is 0 Å². The van der Waals surface area contributed by atoms with Crippen molar-refractivity contribution in [3.8, 4) is 0 Å². The molecular weight excluding hydrogens is 208 g/mol. The zero-order chi connectivity index (χ0) is 11.7. The Balaban J connectivity index is 2.23. The fraction of sp³-hybridized carbons (Fsp3) is 0.667. The molecule has 2 aliphatic rings. The fourth-order valence-electron chi connectivity index (χ4n) is 2.51. The number of ether oxygens (including phenoxy) is 2. The van der Waals surface area contributed by atoms with Crippen LogP contribution in [-0.4, -0.2) is 25.2 Å². The van der Waals surface area contributed by atoms with Crippen LogP contribution in [0.15, 0.2) is 12.2 Å². The Bertz CT molecular complexity index is 334. The molecule has 0 spiro atoms. The van der Waals surface area contributed by atoms with Crippen molar-refractivity contribution in [2.75, 3.05) is 13.2 Å². The van der Waals surface area contributed by atoms with E-state index in [0.717, 1.165) is 0 Å². The van der Waals surface area contributed by atoms with E-state index in [2.05, 4.69) is 0 Å². The summed E-state index contributed by atoms with van der Waals surface area (Å²) in [6.45, 7) is 4.44. The van der Waals surface area contributed by atoms with Crippen molar-refractivity contribution in [3.63, 3.8) is 0 Å². The Labute approximate surface area is 94.6 Å². The van der Waals surface area contributed by atoms with Gasteiger partial charge in [0.25, 0.3) is 0 Å². The second-order valence-corrected chi connectivity index (χ2v) is 4.34. The Kier molecular flexibility index (Phi) is 2.99. The van der Waals surface area contributed by atoms with E-state index in [9.17, 15) is 9.59 Å². The van der Waals surface area contributed by atoms with Crippen molar-refractivity contribution >= 4 is 11.9 Å². The number of allylic oxidation sites excluding steroid dienone is 1. The maximum Gasteiger partial charge on any atom is 0.310 e. The fourth-order valence-corrected chi connectivity index (χ4v) is 2.51. The van der Waals surface area contributed by atoms with Gasteiger partial charge in [0.15, 0.2) is 0 Å². The number of carbonyl (C=O) groups excluding carboxylic acids is 2. The highest BCUT2D eigenvalue weighted by atomic mass is 16.5. The smallest absolute Gasteiger partial charge is 0.310 e. The largest absolute Gasteiger partial charge is 0.466 e. The zero-order valence-corrected chi connectivity index (χ0v) is 9.51. The molecule has 4 atom stereocenters. The summed E-state index contributed by atoms with van der Waals surface area (Å²) in [7, 11) is 0. The van der Waals surface area contributed by atoms with Crippen LogP contribution in [0.25, 0.3) is 0 Å². The molecule has 0 radical (unpaired) electrons. The van der Waals surface area contributed by atoms with Crippen LogP contribution in [0.4, 0.5) is 0 Å². The average molecular weight is 224 g/mol. The van der Waals surface area contributed by atoms with E-state index in [0.29, 0.717) is 13.2 Å². The summed E-state index contributed by atoms with van der Waals surface area (Å²) in [5, 5.41) is 0. The van der Waals surface area contributed by atoms with Gasteiger partial charge in [-0.3, -0.25) is 9.59 Å². The molecule has 0 aromatic heterocycles. The van der Waals surface area contributed by atoms with Crippen molar-refractivity contribution in [1.29, 1.82) is 0 Å². The maximum atomic E-state index is 11.8. The van der Waals surface area contributed by atoms with Crippen LogP contribution < -0.4 is 0 Å². The minimum Gasteiger partial charge on any atom is -0.466 e. The summed E-state index contributed by atoms with van der Waals surface area (Å²) >= 11 is 0. The summed E-state index contributed by atoms with van der Waals surface area (Å²) in [5.41, 5.74) is 0. The first kappa shape index (κ1) is 11.2. The van der Waals surface area contributed by atoms with Crippen molar-refractivity contribution in [3.05, 3.63) is 12.2 Å². The molecule has 0 N–H and O–H groups in total. The normalized spacial score (nSPS) is 36.8. The first-order chi connectivity index (χ1) is 7.65. The lowest BCUT2D eigenvalue weighted by atomic mass is 9.72. The number of hydrogen-bond donors (Lipinski definition) is 0. The Morgan fingerprint density at radius 2 is 2.31 bits per heavy atom. The number of carbonyl (C=O) groups is 2. The molecule has 0 aromatic carbocycles. The predicted molar refractivity (Wildman–Crippen MR) is 56.4 cm³/mol. The lowest BCUT2D eigenvalue weighted by Crippen LogP contribution is -2.38. The van der Waals surface area contributed by atoms with Gasteiger partial charge in [0.1, 0.15) is 0 Å². The van der Waals surface area contributed by atoms with Crippen LogP contribution >= 0.6 is 0 Å². The number of cyclic esters (lactones) is 1. The Morgan fingerprint density at radius 1 is 1.56 bits per heavy atom. The lowest BCUT2D eigenvalue weighted by molar-refractivity contribution is -0.157. The highest BCUT2D eigenvalue weighted by Crippen LogP contribution is 2.39. The molecule has 88 valence electrons. The van der Waals surface area contributed by atoms with Gasteiger partial charge in [0.2, 0.25) is 0 Å². The Morgan fingerprint density at radius 3 is 3.00 bits per heavy atom. The molecule has 0 aromatic rings. The van der Waals surface area contributed by atoms with E-state index in [1.165, 1.54) is 0 Å². The molecule has 1 heterocycles. The zero-order valence-electron chi connectivity index (χ0n) is 9.51. The third-order valence-electron chi connectivity index (χ3n) is 3.33. The van der Waals surface area contributed by atoms with Crippen molar-refractivity contribution < 1.29 is 19.1 Å². The molecule has 0 unspecified atom stereocenters. The third kappa shape index (κ3) is 1.72. The van der Waals surface area contributed by atoms with Gasteiger partial charge in [-0.15, -0.1) is 0 Å². The lowest BCUT2D eigenvalue weighted by Gasteiger charge is -2.29. The summed E-state index contributed by atoms with van der Waals surface area (Å²) < 4.78 is 10.0. The minimum atomic E-state index is -0.384. The highest BCUT2D eigenvalue weighted by molar-refractivity contribution is 5.84. The molecule has 4 heteroatoms. The maximum absolute atomic E-state index is 11.8. The summed E-state index contributed by atoms with van der Waals surface area (Å²) in [6.07, 6.45) is 3.96.